The first kappa shape index (κ1) is 25.6. The van der Waals surface area contributed by atoms with Gasteiger partial charge in [-0.15, -0.1) is 0 Å². The van der Waals surface area contributed by atoms with Gasteiger partial charge in [-0.2, -0.15) is 0 Å². The summed E-state index contributed by atoms with van der Waals surface area (Å²) in [6, 6.07) is 13.5. The zero-order chi connectivity index (χ0) is 24.1. The van der Waals surface area contributed by atoms with E-state index in [1.165, 1.54) is 0 Å². The summed E-state index contributed by atoms with van der Waals surface area (Å²) in [6.45, 7) is 10.8. The monoisotopic (exact) mass is 442 g/mol. The molecule has 0 aliphatic rings. The van der Waals surface area contributed by atoms with E-state index in [0.29, 0.717) is 17.5 Å². The maximum absolute atomic E-state index is 13.0. The Hall–Kier alpha value is -2.70. The molecule has 0 saturated carbocycles. The van der Waals surface area contributed by atoms with Gasteiger partial charge in [0.2, 0.25) is 0 Å². The number of aliphatic hydroxyl groups is 2. The first-order valence-electron chi connectivity index (χ1n) is 10.9. The van der Waals surface area contributed by atoms with Crippen molar-refractivity contribution in [3.05, 3.63) is 70.8 Å². The van der Waals surface area contributed by atoms with Crippen LogP contribution in [-0.4, -0.2) is 34.2 Å². The molecule has 0 spiro atoms. The molecule has 0 amide bonds. The summed E-state index contributed by atoms with van der Waals surface area (Å²) in [5, 5.41) is 22.6. The van der Waals surface area contributed by atoms with Crippen LogP contribution in [0.2, 0.25) is 0 Å². The van der Waals surface area contributed by atoms with Gasteiger partial charge < -0.3 is 19.7 Å². The number of benzene rings is 2. The van der Waals surface area contributed by atoms with E-state index in [4.69, 9.17) is 9.47 Å². The van der Waals surface area contributed by atoms with Gasteiger partial charge in [-0.1, -0.05) is 64.1 Å². The molecule has 6 nitrogen and oxygen atoms in total. The molecule has 2 aromatic carbocycles. The van der Waals surface area contributed by atoms with E-state index in [2.05, 4.69) is 0 Å². The fourth-order valence-electron chi connectivity index (χ4n) is 3.59. The van der Waals surface area contributed by atoms with Gasteiger partial charge in [0.05, 0.1) is 23.1 Å². The van der Waals surface area contributed by atoms with Crippen LogP contribution in [0.25, 0.3) is 0 Å². The molecule has 2 N–H and O–H groups in total. The highest BCUT2D eigenvalue weighted by atomic mass is 16.8. The molecule has 0 heterocycles. The van der Waals surface area contributed by atoms with Crippen molar-refractivity contribution in [2.45, 2.75) is 66.5 Å². The minimum absolute atomic E-state index is 0.198. The quantitative estimate of drug-likeness (QED) is 0.429. The van der Waals surface area contributed by atoms with Crippen molar-refractivity contribution >= 4 is 11.9 Å². The average Bonchev–Trinajstić information content (AvgIpc) is 2.74. The van der Waals surface area contributed by atoms with Crippen LogP contribution in [0.15, 0.2) is 48.5 Å². The predicted octanol–water partition coefficient (Wildman–Crippen LogP) is 4.79. The molecular formula is C26H34O6. The lowest BCUT2D eigenvalue weighted by atomic mass is 9.75. The van der Waals surface area contributed by atoms with Crippen LogP contribution in [-0.2, 0) is 9.47 Å². The minimum Gasteiger partial charge on any atom is -0.394 e. The van der Waals surface area contributed by atoms with Crippen molar-refractivity contribution < 1.29 is 29.3 Å². The third kappa shape index (κ3) is 5.56. The van der Waals surface area contributed by atoms with Crippen LogP contribution in [0.5, 0.6) is 0 Å². The van der Waals surface area contributed by atoms with Crippen LogP contribution >= 0.6 is 0 Å². The number of aryl methyl sites for hydroxylation is 2. The van der Waals surface area contributed by atoms with E-state index in [1.807, 2.05) is 20.8 Å². The molecule has 0 aromatic heterocycles. The number of carbonyl (C=O) groups excluding carboxylic acids is 2. The van der Waals surface area contributed by atoms with Gasteiger partial charge in [-0.05, 0) is 55.4 Å². The number of aliphatic hydroxyl groups excluding tert-OH is 1. The largest absolute Gasteiger partial charge is 0.394 e. The van der Waals surface area contributed by atoms with Gasteiger partial charge in [0, 0.05) is 0 Å². The fraction of sp³-hybridized carbons (Fsp3) is 0.462. The van der Waals surface area contributed by atoms with Crippen molar-refractivity contribution in [2.75, 3.05) is 0 Å². The van der Waals surface area contributed by atoms with E-state index >= 15 is 0 Å². The number of carbonyl (C=O) groups is 2. The van der Waals surface area contributed by atoms with E-state index < -0.39 is 35.3 Å². The van der Waals surface area contributed by atoms with E-state index in [0.717, 1.165) is 0 Å². The zero-order valence-electron chi connectivity index (χ0n) is 19.7. The molecule has 0 saturated heterocycles. The molecule has 0 aliphatic heterocycles. The molecule has 174 valence electrons. The molecule has 2 unspecified atom stereocenters. The third-order valence-corrected chi connectivity index (χ3v) is 6.21. The molecule has 2 atom stereocenters. The molecule has 2 aromatic rings. The van der Waals surface area contributed by atoms with Gasteiger partial charge in [0.15, 0.2) is 0 Å². The van der Waals surface area contributed by atoms with Gasteiger partial charge in [0.25, 0.3) is 0 Å². The highest BCUT2D eigenvalue weighted by molar-refractivity contribution is 5.92. The lowest BCUT2D eigenvalue weighted by Crippen LogP contribution is -2.54. The zero-order valence-corrected chi connectivity index (χ0v) is 19.7. The molecule has 6 heteroatoms. The van der Waals surface area contributed by atoms with Crippen molar-refractivity contribution in [3.8, 4) is 0 Å². The Morgan fingerprint density at radius 1 is 0.875 bits per heavy atom. The highest BCUT2D eigenvalue weighted by Crippen LogP contribution is 2.38. The summed E-state index contributed by atoms with van der Waals surface area (Å²) in [5.41, 5.74) is 1.13. The number of ether oxygens (including phenoxy) is 2. The second-order valence-electron chi connectivity index (χ2n) is 8.84. The summed E-state index contributed by atoms with van der Waals surface area (Å²) < 4.78 is 10.9. The molecule has 0 fully saturated rings. The summed E-state index contributed by atoms with van der Waals surface area (Å²) in [5.74, 6) is -5.43. The average molecular weight is 443 g/mol. The molecular weight excluding hydrogens is 408 g/mol. The number of esters is 2. The predicted molar refractivity (Wildman–Crippen MR) is 122 cm³/mol. The third-order valence-electron chi connectivity index (χ3n) is 6.21. The number of rotatable bonds is 9. The van der Waals surface area contributed by atoms with Crippen LogP contribution < -0.4 is 0 Å². The Labute approximate surface area is 190 Å². The smallest absolute Gasteiger partial charge is 0.379 e. The van der Waals surface area contributed by atoms with E-state index in [1.54, 1.807) is 69.3 Å². The maximum Gasteiger partial charge on any atom is 0.379 e. The Morgan fingerprint density at radius 3 is 1.62 bits per heavy atom. The molecule has 2 rings (SSSR count). The second-order valence-corrected chi connectivity index (χ2v) is 8.84. The van der Waals surface area contributed by atoms with Gasteiger partial charge >= 0.3 is 17.9 Å². The summed E-state index contributed by atoms with van der Waals surface area (Å²) in [4.78, 5) is 25.9. The Bertz CT molecular complexity index is 889. The first-order valence-corrected chi connectivity index (χ1v) is 10.9. The van der Waals surface area contributed by atoms with Gasteiger partial charge in [-0.25, -0.2) is 9.59 Å². The number of hydrogen-bond acceptors (Lipinski definition) is 6. The number of hydrogen-bond donors (Lipinski definition) is 2. The van der Waals surface area contributed by atoms with Crippen LogP contribution in [0.1, 0.15) is 72.4 Å². The first-order chi connectivity index (χ1) is 15.0. The Balaban J connectivity index is 2.49. The second kappa shape index (κ2) is 10.3. The van der Waals surface area contributed by atoms with Crippen molar-refractivity contribution in [1.29, 1.82) is 0 Å². The molecule has 0 aliphatic carbocycles. The van der Waals surface area contributed by atoms with E-state index in [-0.39, 0.29) is 17.5 Å². The molecule has 32 heavy (non-hydrogen) atoms. The maximum atomic E-state index is 13.0. The molecule has 0 radical (unpaired) electrons. The normalized spacial score (nSPS) is 13.9. The molecule has 0 bridgehead atoms. The SMILES string of the molecule is CCC(C(O)C(C)(C)CC)C(O)(OC(=O)c1ccccc1C)OC(=O)c1ccccc1C. The van der Waals surface area contributed by atoms with Crippen molar-refractivity contribution in [1.82, 2.24) is 0 Å². The summed E-state index contributed by atoms with van der Waals surface area (Å²) in [7, 11) is 0. The van der Waals surface area contributed by atoms with Crippen LogP contribution in [0, 0.1) is 25.2 Å². The van der Waals surface area contributed by atoms with Crippen LogP contribution in [0.3, 0.4) is 0 Å². The Morgan fingerprint density at radius 2 is 1.28 bits per heavy atom. The van der Waals surface area contributed by atoms with Crippen LogP contribution in [0.4, 0.5) is 0 Å². The van der Waals surface area contributed by atoms with Crippen molar-refractivity contribution in [3.63, 3.8) is 0 Å². The minimum atomic E-state index is -2.67. The highest BCUT2D eigenvalue weighted by Gasteiger charge is 2.51. The standard InChI is InChI=1S/C26H34O6/c1-7-21(22(27)25(5,6)8-2)26(30,31-23(28)19-15-11-9-13-17(19)3)32-24(29)20-16-12-10-14-18(20)4/h9-16,21-22,27,30H,7-8H2,1-6H3. The fourth-order valence-corrected chi connectivity index (χ4v) is 3.59. The lowest BCUT2D eigenvalue weighted by molar-refractivity contribution is -0.350. The van der Waals surface area contributed by atoms with Crippen molar-refractivity contribution in [2.24, 2.45) is 11.3 Å². The van der Waals surface area contributed by atoms with E-state index in [9.17, 15) is 19.8 Å². The summed E-state index contributed by atoms with van der Waals surface area (Å²) in [6.07, 6.45) is -0.321. The topological polar surface area (TPSA) is 93.1 Å². The summed E-state index contributed by atoms with van der Waals surface area (Å²) >= 11 is 0. The lowest BCUT2D eigenvalue weighted by Gasteiger charge is -2.41. The van der Waals surface area contributed by atoms with Gasteiger partial charge in [0.1, 0.15) is 0 Å². The van der Waals surface area contributed by atoms with Gasteiger partial charge in [-0.3, -0.25) is 0 Å². The Kier molecular flexibility index (Phi) is 8.21.